The van der Waals surface area contributed by atoms with Crippen molar-refractivity contribution in [3.8, 4) is 0 Å². The van der Waals surface area contributed by atoms with Crippen molar-refractivity contribution < 1.29 is 4.42 Å². The van der Waals surface area contributed by atoms with Crippen LogP contribution in [0.3, 0.4) is 0 Å². The van der Waals surface area contributed by atoms with Gasteiger partial charge in [0.05, 0.1) is 11.4 Å². The van der Waals surface area contributed by atoms with Crippen LogP contribution in [0.1, 0.15) is 130 Å². The van der Waals surface area contributed by atoms with E-state index in [0.717, 1.165) is 39.6 Å². The van der Waals surface area contributed by atoms with Gasteiger partial charge in [0.2, 0.25) is 5.88 Å². The van der Waals surface area contributed by atoms with Crippen LogP contribution in [-0.4, -0.2) is 0 Å². The van der Waals surface area contributed by atoms with Crippen LogP contribution in [0.25, 0.3) is 21.1 Å². The van der Waals surface area contributed by atoms with Gasteiger partial charge in [-0.25, -0.2) is 0 Å². The molecule has 0 atom stereocenters. The Kier molecular flexibility index (Phi) is 9.31. The third-order valence-electron chi connectivity index (χ3n) is 13.6. The van der Waals surface area contributed by atoms with Crippen molar-refractivity contribution in [2.24, 2.45) is 0 Å². The highest BCUT2D eigenvalue weighted by atomic mass is 35.5. The molecular formula is C54H59ClN2OS. The third kappa shape index (κ3) is 7.08. The maximum absolute atomic E-state index is 7.29. The number of furan rings is 1. The summed E-state index contributed by atoms with van der Waals surface area (Å²) in [5, 5.41) is 5.40. The number of thiophene rings is 1. The first-order chi connectivity index (χ1) is 27.7. The number of hydrogen-bond acceptors (Lipinski definition) is 4. The fourth-order valence-electron chi connectivity index (χ4n) is 9.60. The Hall–Kier alpha value is -4.51. The van der Waals surface area contributed by atoms with Crippen molar-refractivity contribution in [2.75, 3.05) is 9.80 Å². The third-order valence-corrected chi connectivity index (χ3v) is 14.8. The van der Waals surface area contributed by atoms with Gasteiger partial charge in [0.25, 0.3) is 0 Å². The molecule has 3 aliphatic carbocycles. The van der Waals surface area contributed by atoms with Crippen molar-refractivity contribution in [3.63, 3.8) is 0 Å². The topological polar surface area (TPSA) is 19.6 Å². The van der Waals surface area contributed by atoms with Crippen LogP contribution >= 0.6 is 22.9 Å². The van der Waals surface area contributed by atoms with E-state index >= 15 is 0 Å². The fourth-order valence-corrected chi connectivity index (χ4v) is 10.8. The minimum atomic E-state index is 0.0187. The Morgan fingerprint density at radius 2 is 1.03 bits per heavy atom. The summed E-state index contributed by atoms with van der Waals surface area (Å²) in [7, 11) is 0. The maximum atomic E-state index is 7.29. The Morgan fingerprint density at radius 1 is 0.542 bits per heavy atom. The molecule has 0 spiro atoms. The summed E-state index contributed by atoms with van der Waals surface area (Å²) in [6, 6.07) is 38.3. The van der Waals surface area contributed by atoms with Crippen molar-refractivity contribution >= 4 is 78.3 Å². The van der Waals surface area contributed by atoms with Crippen molar-refractivity contribution in [3.05, 3.63) is 141 Å². The van der Waals surface area contributed by atoms with E-state index in [4.69, 9.17) is 16.0 Å². The summed E-state index contributed by atoms with van der Waals surface area (Å²) in [5.41, 5.74) is 13.6. The Balaban J connectivity index is 1.25. The number of halogens is 1. The summed E-state index contributed by atoms with van der Waals surface area (Å²) >= 11 is 9.14. The molecule has 1 fully saturated rings. The van der Waals surface area contributed by atoms with E-state index in [1.807, 2.05) is 11.3 Å². The van der Waals surface area contributed by atoms with Crippen molar-refractivity contribution in [1.29, 1.82) is 0 Å². The fraction of sp³-hybridized carbons (Fsp3) is 0.370. The Morgan fingerprint density at radius 3 is 1.58 bits per heavy atom. The first kappa shape index (κ1) is 39.9. The highest BCUT2D eigenvalue weighted by Gasteiger charge is 2.48. The van der Waals surface area contributed by atoms with Crippen LogP contribution in [0.2, 0.25) is 5.02 Å². The number of fused-ring (bicyclic) bond motifs is 4. The number of nitrogens with zero attached hydrogens (tertiary/aromatic N) is 2. The molecule has 1 saturated carbocycles. The van der Waals surface area contributed by atoms with Gasteiger partial charge in [0, 0.05) is 49.0 Å². The van der Waals surface area contributed by atoms with E-state index in [2.05, 4.69) is 194 Å². The maximum Gasteiger partial charge on any atom is 0.205 e. The zero-order valence-corrected chi connectivity index (χ0v) is 38.4. The average Bonchev–Trinajstić information content (AvgIpc) is 3.78. The normalized spacial score (nSPS) is 19.4. The highest BCUT2D eigenvalue weighted by Crippen LogP contribution is 2.58. The second-order valence-corrected chi connectivity index (χ2v) is 22.5. The lowest BCUT2D eigenvalue weighted by molar-refractivity contribution is 0.188. The quantitative estimate of drug-likeness (QED) is 0.167. The molecule has 0 amide bonds. The molecule has 5 heteroatoms. The van der Waals surface area contributed by atoms with Gasteiger partial charge in [-0.3, -0.25) is 4.90 Å². The van der Waals surface area contributed by atoms with Crippen LogP contribution in [0.15, 0.2) is 113 Å². The predicted octanol–water partition coefficient (Wildman–Crippen LogP) is 17.2. The summed E-state index contributed by atoms with van der Waals surface area (Å²) in [6.07, 6.45) is 5.05. The zero-order valence-electron chi connectivity index (χ0n) is 36.8. The van der Waals surface area contributed by atoms with Gasteiger partial charge in [-0.05, 0) is 147 Å². The Labute approximate surface area is 361 Å². The standard InChI is InChI=1S/C54H59ClN2OS/c1-50(2,3)35-12-17-39(18-13-35)56(46-33-59-48-32-45-44(31-43(46)48)53(10)22-24-54(45,11)25-23-53)41-28-38(55)29-42(30-41)57(40-19-14-36(15-20-40)51(4,5)6)49-27-34-26-37(52(7,8)9)16-21-47(34)58-49/h12-21,26-33H,22-25H2,1-11H3. The smallest absolute Gasteiger partial charge is 0.205 e. The van der Waals surface area contributed by atoms with Gasteiger partial charge in [0.15, 0.2) is 0 Å². The molecule has 0 unspecified atom stereocenters. The lowest BCUT2D eigenvalue weighted by atomic mass is 9.52. The minimum Gasteiger partial charge on any atom is -0.440 e. The molecule has 2 aromatic heterocycles. The van der Waals surface area contributed by atoms with Gasteiger partial charge in [-0.2, -0.15) is 0 Å². The van der Waals surface area contributed by atoms with Crippen molar-refractivity contribution in [2.45, 2.75) is 129 Å². The first-order valence-corrected chi connectivity index (χ1v) is 22.7. The van der Waals surface area contributed by atoms with Crippen LogP contribution in [0, 0.1) is 0 Å². The zero-order chi connectivity index (χ0) is 41.9. The van der Waals surface area contributed by atoms with Crippen LogP contribution in [0.5, 0.6) is 0 Å². The average molecular weight is 820 g/mol. The molecule has 2 heterocycles. The van der Waals surface area contributed by atoms with E-state index in [1.165, 1.54) is 58.1 Å². The SMILES string of the molecule is CC(C)(C)c1ccc(N(c2cc(Cl)cc(N(c3ccc(C(C)(C)C)cc3)c3csc4cc5c(cc34)C3(C)CCC5(C)CC3)c2)c2cc3cc(C(C)(C)C)ccc3o2)cc1. The van der Waals surface area contributed by atoms with Gasteiger partial charge in [-0.15, -0.1) is 11.3 Å². The number of benzene rings is 5. The van der Waals surface area contributed by atoms with Gasteiger partial charge >= 0.3 is 0 Å². The van der Waals surface area contributed by atoms with Crippen LogP contribution in [0.4, 0.5) is 34.3 Å². The lowest BCUT2D eigenvalue weighted by Crippen LogP contribution is -2.44. The van der Waals surface area contributed by atoms with Gasteiger partial charge < -0.3 is 9.32 Å². The molecule has 5 aromatic carbocycles. The predicted molar refractivity (Wildman–Crippen MR) is 255 cm³/mol. The Bertz CT molecular complexity index is 2710. The van der Waals surface area contributed by atoms with E-state index in [9.17, 15) is 0 Å². The molecule has 3 aliphatic rings. The lowest BCUT2D eigenvalue weighted by Gasteiger charge is -2.52. The summed E-state index contributed by atoms with van der Waals surface area (Å²) in [5.74, 6) is 0.744. The monoisotopic (exact) mass is 818 g/mol. The van der Waals surface area contributed by atoms with E-state index in [0.29, 0.717) is 5.02 Å². The molecule has 0 saturated heterocycles. The molecule has 2 bridgehead atoms. The molecule has 7 aromatic rings. The molecule has 59 heavy (non-hydrogen) atoms. The molecular weight excluding hydrogens is 760 g/mol. The van der Waals surface area contributed by atoms with Crippen LogP contribution < -0.4 is 9.80 Å². The van der Waals surface area contributed by atoms with Gasteiger partial charge in [0.1, 0.15) is 5.58 Å². The van der Waals surface area contributed by atoms with E-state index in [-0.39, 0.29) is 27.1 Å². The number of anilines is 6. The second-order valence-electron chi connectivity index (χ2n) is 21.2. The number of rotatable bonds is 6. The van der Waals surface area contributed by atoms with Crippen LogP contribution in [-0.2, 0) is 27.1 Å². The molecule has 304 valence electrons. The summed E-state index contributed by atoms with van der Waals surface area (Å²) in [6.45, 7) is 25.4. The molecule has 0 radical (unpaired) electrons. The minimum absolute atomic E-state index is 0.0187. The number of hydrogen-bond donors (Lipinski definition) is 0. The van der Waals surface area contributed by atoms with E-state index in [1.54, 1.807) is 11.1 Å². The largest absolute Gasteiger partial charge is 0.440 e. The first-order valence-electron chi connectivity index (χ1n) is 21.4. The summed E-state index contributed by atoms with van der Waals surface area (Å²) in [4.78, 5) is 4.65. The molecule has 0 aliphatic heterocycles. The van der Waals surface area contributed by atoms with Gasteiger partial charge in [-0.1, -0.05) is 118 Å². The molecule has 10 rings (SSSR count). The van der Waals surface area contributed by atoms with Crippen molar-refractivity contribution in [1.82, 2.24) is 0 Å². The molecule has 0 N–H and O–H groups in total. The summed E-state index contributed by atoms with van der Waals surface area (Å²) < 4.78 is 8.11. The second kappa shape index (κ2) is 13.8. The highest BCUT2D eigenvalue weighted by molar-refractivity contribution is 7.17. The molecule has 3 nitrogen and oxygen atoms in total. The van der Waals surface area contributed by atoms with E-state index < -0.39 is 0 Å².